The highest BCUT2D eigenvalue weighted by molar-refractivity contribution is 7.91. The molecule has 1 fully saturated rings. The molecule has 1 aliphatic heterocycles. The van der Waals surface area contributed by atoms with Crippen LogP contribution in [0.15, 0.2) is 29.2 Å². The van der Waals surface area contributed by atoms with Crippen LogP contribution in [0.25, 0.3) is 0 Å². The van der Waals surface area contributed by atoms with Crippen LogP contribution in [0, 0.1) is 5.92 Å². The molecule has 1 N–H and O–H groups in total. The molecule has 1 saturated heterocycles. The maximum Gasteiger partial charge on any atom is 0.179 e. The molecule has 0 aliphatic carbocycles. The van der Waals surface area contributed by atoms with Gasteiger partial charge >= 0.3 is 0 Å². The van der Waals surface area contributed by atoms with E-state index in [1.54, 1.807) is 31.4 Å². The Labute approximate surface area is 152 Å². The highest BCUT2D eigenvalue weighted by Gasteiger charge is 2.21. The van der Waals surface area contributed by atoms with Crippen LogP contribution < -0.4 is 10.1 Å². The van der Waals surface area contributed by atoms with E-state index in [-0.39, 0.29) is 18.2 Å². The van der Waals surface area contributed by atoms with Crippen molar-refractivity contribution in [2.24, 2.45) is 5.92 Å². The van der Waals surface area contributed by atoms with E-state index >= 15 is 0 Å². The van der Waals surface area contributed by atoms with Gasteiger partial charge < -0.3 is 15.0 Å². The Morgan fingerprint density at radius 3 is 2.62 bits per heavy atom. The maximum absolute atomic E-state index is 12.5. The minimum Gasteiger partial charge on any atom is -0.497 e. The van der Waals surface area contributed by atoms with Crippen molar-refractivity contribution < 1.29 is 13.2 Å². The smallest absolute Gasteiger partial charge is 0.179 e. The van der Waals surface area contributed by atoms with E-state index in [2.05, 4.69) is 10.2 Å². The standard InChI is InChI=1S/C17H28N2O3S.ClH/c1-18-9-6-15-7-10-19(11-8-15)12-13-23(20,21)17-5-3-4-16(14-17)22-2;/h3-5,14-15,18H,6-13H2,1-2H3;1H. The van der Waals surface area contributed by atoms with Gasteiger partial charge in [-0.15, -0.1) is 12.4 Å². The molecule has 0 unspecified atom stereocenters. The van der Waals surface area contributed by atoms with E-state index < -0.39 is 9.84 Å². The van der Waals surface area contributed by atoms with E-state index in [0.717, 1.165) is 25.6 Å². The van der Waals surface area contributed by atoms with E-state index in [1.807, 2.05) is 7.05 Å². The third-order valence-corrected chi connectivity index (χ3v) is 6.28. The molecule has 0 saturated carbocycles. The lowest BCUT2D eigenvalue weighted by Gasteiger charge is -2.31. The molecule has 1 aromatic rings. The number of nitrogens with zero attached hydrogens (tertiary/aromatic N) is 1. The van der Waals surface area contributed by atoms with Crippen LogP contribution in [0.4, 0.5) is 0 Å². The fourth-order valence-electron chi connectivity index (χ4n) is 3.01. The van der Waals surface area contributed by atoms with Crippen molar-refractivity contribution in [3.8, 4) is 5.75 Å². The lowest BCUT2D eigenvalue weighted by atomic mass is 9.94. The minimum atomic E-state index is -3.25. The van der Waals surface area contributed by atoms with Crippen molar-refractivity contribution >= 4 is 22.2 Å². The summed E-state index contributed by atoms with van der Waals surface area (Å²) in [6.07, 6.45) is 3.55. The van der Waals surface area contributed by atoms with Gasteiger partial charge in [0.1, 0.15) is 5.75 Å². The molecule has 0 aromatic heterocycles. The summed E-state index contributed by atoms with van der Waals surface area (Å²) in [5, 5.41) is 3.20. The average molecular weight is 377 g/mol. The number of rotatable bonds is 8. The number of nitrogens with one attached hydrogen (secondary N) is 1. The average Bonchev–Trinajstić information content (AvgIpc) is 2.59. The van der Waals surface area contributed by atoms with Crippen LogP contribution in [0.3, 0.4) is 0 Å². The van der Waals surface area contributed by atoms with Gasteiger partial charge in [0.2, 0.25) is 0 Å². The number of methoxy groups -OCH3 is 1. The van der Waals surface area contributed by atoms with Crippen molar-refractivity contribution in [1.82, 2.24) is 10.2 Å². The second-order valence-electron chi connectivity index (χ2n) is 6.18. The van der Waals surface area contributed by atoms with E-state index in [4.69, 9.17) is 4.74 Å². The molecular formula is C17H29ClN2O3S. The van der Waals surface area contributed by atoms with Crippen LogP contribution in [0.2, 0.25) is 0 Å². The van der Waals surface area contributed by atoms with E-state index in [1.165, 1.54) is 19.3 Å². The van der Waals surface area contributed by atoms with Gasteiger partial charge in [-0.05, 0) is 70.1 Å². The summed E-state index contributed by atoms with van der Waals surface area (Å²) in [4.78, 5) is 2.62. The molecular weight excluding hydrogens is 348 g/mol. The summed E-state index contributed by atoms with van der Waals surface area (Å²) in [5.41, 5.74) is 0. The first-order valence-electron chi connectivity index (χ1n) is 8.29. The summed E-state index contributed by atoms with van der Waals surface area (Å²) < 4.78 is 30.0. The predicted octanol–water partition coefficient (Wildman–Crippen LogP) is 2.21. The zero-order valence-corrected chi connectivity index (χ0v) is 16.2. The highest BCUT2D eigenvalue weighted by Crippen LogP contribution is 2.21. The lowest BCUT2D eigenvalue weighted by Crippen LogP contribution is -2.37. The second kappa shape index (κ2) is 10.2. The van der Waals surface area contributed by atoms with Gasteiger partial charge in [-0.2, -0.15) is 0 Å². The summed E-state index contributed by atoms with van der Waals surface area (Å²) in [5.74, 6) is 1.52. The first-order valence-corrected chi connectivity index (χ1v) is 9.94. The SMILES string of the molecule is CNCCC1CCN(CCS(=O)(=O)c2cccc(OC)c2)CC1.Cl. The van der Waals surface area contributed by atoms with Gasteiger partial charge in [0.05, 0.1) is 17.8 Å². The molecule has 1 aromatic carbocycles. The number of piperidine rings is 1. The molecule has 0 amide bonds. The van der Waals surface area contributed by atoms with Gasteiger partial charge in [-0.1, -0.05) is 6.07 Å². The number of hydrogen-bond donors (Lipinski definition) is 1. The molecule has 0 atom stereocenters. The quantitative estimate of drug-likeness (QED) is 0.753. The summed E-state index contributed by atoms with van der Waals surface area (Å²) >= 11 is 0. The number of sulfone groups is 1. The summed E-state index contributed by atoms with van der Waals surface area (Å²) in [6, 6.07) is 6.72. The first kappa shape index (κ1) is 21.2. The van der Waals surface area contributed by atoms with Gasteiger partial charge in [-0.25, -0.2) is 8.42 Å². The van der Waals surface area contributed by atoms with Gasteiger partial charge in [0, 0.05) is 6.54 Å². The minimum absolute atomic E-state index is 0. The molecule has 0 spiro atoms. The van der Waals surface area contributed by atoms with Crippen molar-refractivity contribution in [3.05, 3.63) is 24.3 Å². The molecule has 2 rings (SSSR count). The number of likely N-dealkylation sites (tertiary alicyclic amines) is 1. The van der Waals surface area contributed by atoms with Crippen molar-refractivity contribution in [3.63, 3.8) is 0 Å². The van der Waals surface area contributed by atoms with Crippen LogP contribution >= 0.6 is 12.4 Å². The third kappa shape index (κ3) is 6.24. The van der Waals surface area contributed by atoms with Crippen molar-refractivity contribution in [2.45, 2.75) is 24.2 Å². The zero-order valence-electron chi connectivity index (χ0n) is 14.5. The van der Waals surface area contributed by atoms with Gasteiger partial charge in [0.25, 0.3) is 0 Å². The predicted molar refractivity (Wildman–Crippen MR) is 100 cm³/mol. The number of benzene rings is 1. The molecule has 138 valence electrons. The molecule has 0 bridgehead atoms. The lowest BCUT2D eigenvalue weighted by molar-refractivity contribution is 0.187. The molecule has 5 nitrogen and oxygen atoms in total. The Morgan fingerprint density at radius 1 is 1.29 bits per heavy atom. The molecule has 1 aliphatic rings. The normalized spacial score (nSPS) is 16.6. The van der Waals surface area contributed by atoms with E-state index in [9.17, 15) is 8.42 Å². The molecule has 1 heterocycles. The summed E-state index contributed by atoms with van der Waals surface area (Å²) in [7, 11) is 0.279. The largest absolute Gasteiger partial charge is 0.497 e. The Hall–Kier alpha value is -0.820. The Balaban J connectivity index is 0.00000288. The molecule has 24 heavy (non-hydrogen) atoms. The zero-order chi connectivity index (χ0) is 16.7. The Bertz CT molecular complexity index is 587. The van der Waals surface area contributed by atoms with Crippen LogP contribution in [-0.2, 0) is 9.84 Å². The van der Waals surface area contributed by atoms with Crippen LogP contribution in [-0.4, -0.2) is 59.4 Å². The number of hydrogen-bond acceptors (Lipinski definition) is 5. The van der Waals surface area contributed by atoms with Crippen LogP contribution in [0.1, 0.15) is 19.3 Å². The summed E-state index contributed by atoms with van der Waals surface area (Å²) in [6.45, 7) is 3.68. The Morgan fingerprint density at radius 2 is 2.00 bits per heavy atom. The molecule has 7 heteroatoms. The number of halogens is 1. The van der Waals surface area contributed by atoms with E-state index in [0.29, 0.717) is 17.2 Å². The monoisotopic (exact) mass is 376 g/mol. The molecule has 0 radical (unpaired) electrons. The fourth-order valence-corrected chi connectivity index (χ4v) is 4.32. The third-order valence-electron chi connectivity index (χ3n) is 4.59. The van der Waals surface area contributed by atoms with Gasteiger partial charge in [0.15, 0.2) is 9.84 Å². The maximum atomic E-state index is 12.5. The highest BCUT2D eigenvalue weighted by atomic mass is 35.5. The second-order valence-corrected chi connectivity index (χ2v) is 8.28. The van der Waals surface area contributed by atoms with Gasteiger partial charge in [-0.3, -0.25) is 0 Å². The first-order chi connectivity index (χ1) is 11.0. The number of ether oxygens (including phenoxy) is 1. The van der Waals surface area contributed by atoms with Crippen molar-refractivity contribution in [2.75, 3.05) is 46.1 Å². The topological polar surface area (TPSA) is 58.6 Å². The van der Waals surface area contributed by atoms with Crippen LogP contribution in [0.5, 0.6) is 5.75 Å². The Kier molecular flexibility index (Phi) is 9.05. The van der Waals surface area contributed by atoms with Crippen molar-refractivity contribution in [1.29, 1.82) is 0 Å². The fraction of sp³-hybridized carbons (Fsp3) is 0.647.